The Balaban J connectivity index is 1.52. The van der Waals surface area contributed by atoms with Crippen molar-refractivity contribution in [2.24, 2.45) is 0 Å². The van der Waals surface area contributed by atoms with E-state index in [2.05, 4.69) is 12.2 Å². The number of ether oxygens (including phenoxy) is 1. The van der Waals surface area contributed by atoms with Crippen LogP contribution in [0.15, 0.2) is 48.5 Å². The molecule has 3 N–H and O–H groups in total. The lowest BCUT2D eigenvalue weighted by Gasteiger charge is -2.12. The number of fused-ring (bicyclic) bond motifs is 3. The maximum absolute atomic E-state index is 13.9. The number of nitrogens with zero attached hydrogens (tertiary/aromatic N) is 3. The average Bonchev–Trinajstić information content (AvgIpc) is 3.44. The highest BCUT2D eigenvalue weighted by molar-refractivity contribution is 7.17. The molecule has 9 heteroatoms. The molecule has 0 spiro atoms. The summed E-state index contributed by atoms with van der Waals surface area (Å²) in [6.07, 6.45) is 4.64. The quantitative estimate of drug-likeness (QED) is 0.285. The maximum atomic E-state index is 13.9. The molecule has 0 radical (unpaired) electrons. The Bertz CT molecular complexity index is 1720. The lowest BCUT2D eigenvalue weighted by atomic mass is 9.95. The number of nitrogens with one attached hydrogen (secondary N) is 1. The number of aromatic nitrogens is 3. The molecule has 2 aromatic carbocycles. The number of thiophene rings is 1. The molecule has 0 bridgehead atoms. The molecular formula is C29H27N5O3S. The van der Waals surface area contributed by atoms with Crippen molar-refractivity contribution in [3.8, 4) is 5.69 Å². The average molecular weight is 526 g/mol. The van der Waals surface area contributed by atoms with E-state index in [1.165, 1.54) is 24.0 Å². The smallest absolute Gasteiger partial charge is 0.341 e. The first kappa shape index (κ1) is 24.1. The van der Waals surface area contributed by atoms with Gasteiger partial charge in [0, 0.05) is 10.6 Å². The number of para-hydroxylation sites is 2. The van der Waals surface area contributed by atoms with Gasteiger partial charge in [-0.05, 0) is 67.5 Å². The molecular weight excluding hydrogens is 498 g/mol. The first-order chi connectivity index (χ1) is 18.5. The monoisotopic (exact) mass is 525 g/mol. The molecule has 0 saturated heterocycles. The number of anilines is 2. The number of esters is 1. The summed E-state index contributed by atoms with van der Waals surface area (Å²) in [5.41, 5.74) is 12.6. The molecule has 0 aliphatic heterocycles. The van der Waals surface area contributed by atoms with Crippen molar-refractivity contribution in [2.45, 2.75) is 39.0 Å². The molecule has 1 aliphatic rings. The van der Waals surface area contributed by atoms with E-state index < -0.39 is 11.9 Å². The molecule has 1 amide bonds. The van der Waals surface area contributed by atoms with Gasteiger partial charge in [-0.2, -0.15) is 0 Å². The first-order valence-corrected chi connectivity index (χ1v) is 13.5. The van der Waals surface area contributed by atoms with E-state index in [1.54, 1.807) is 4.57 Å². The van der Waals surface area contributed by atoms with Crippen molar-refractivity contribution in [3.63, 3.8) is 0 Å². The van der Waals surface area contributed by atoms with E-state index in [1.807, 2.05) is 48.5 Å². The van der Waals surface area contributed by atoms with E-state index in [-0.39, 0.29) is 11.4 Å². The Morgan fingerprint density at radius 1 is 1.03 bits per heavy atom. The minimum absolute atomic E-state index is 0.222. The second kappa shape index (κ2) is 9.57. The van der Waals surface area contributed by atoms with Gasteiger partial charge in [0.1, 0.15) is 21.9 Å². The van der Waals surface area contributed by atoms with Crippen LogP contribution in [-0.2, 0) is 24.0 Å². The van der Waals surface area contributed by atoms with Gasteiger partial charge < -0.3 is 15.8 Å². The number of carbonyl (C=O) groups excluding carboxylic acids is 2. The molecule has 5 aromatic rings. The van der Waals surface area contributed by atoms with E-state index >= 15 is 0 Å². The number of hydrogen-bond acceptors (Lipinski definition) is 7. The molecule has 3 aromatic heterocycles. The van der Waals surface area contributed by atoms with Crippen molar-refractivity contribution in [2.75, 3.05) is 18.2 Å². The summed E-state index contributed by atoms with van der Waals surface area (Å²) < 4.78 is 6.84. The summed E-state index contributed by atoms with van der Waals surface area (Å²) in [4.78, 5) is 37.4. The van der Waals surface area contributed by atoms with Crippen molar-refractivity contribution in [1.29, 1.82) is 0 Å². The normalized spacial score (nSPS) is 13.0. The summed E-state index contributed by atoms with van der Waals surface area (Å²) in [7, 11) is 1.36. The Hall–Kier alpha value is -4.24. The van der Waals surface area contributed by atoms with Gasteiger partial charge in [0.15, 0.2) is 5.65 Å². The number of carbonyl (C=O) groups is 2. The minimum Gasteiger partial charge on any atom is -0.465 e. The summed E-state index contributed by atoms with van der Waals surface area (Å²) in [5.74, 6) is -0.653. The van der Waals surface area contributed by atoms with Crippen molar-refractivity contribution in [3.05, 3.63) is 75.7 Å². The van der Waals surface area contributed by atoms with E-state index in [4.69, 9.17) is 20.4 Å². The number of hydrogen-bond donors (Lipinski definition) is 2. The molecule has 8 nitrogen and oxygen atoms in total. The minimum atomic E-state index is -0.447. The zero-order valence-corrected chi connectivity index (χ0v) is 22.0. The largest absolute Gasteiger partial charge is 0.465 e. The Morgan fingerprint density at radius 3 is 2.45 bits per heavy atom. The number of aryl methyl sites for hydroxylation is 2. The van der Waals surface area contributed by atoms with Crippen LogP contribution in [0.25, 0.3) is 27.9 Å². The topological polar surface area (TPSA) is 112 Å². The van der Waals surface area contributed by atoms with E-state index in [9.17, 15) is 9.59 Å². The highest BCUT2D eigenvalue weighted by Crippen LogP contribution is 2.39. The third kappa shape index (κ3) is 3.90. The van der Waals surface area contributed by atoms with Crippen LogP contribution in [0, 0.1) is 0 Å². The van der Waals surface area contributed by atoms with E-state index in [0.717, 1.165) is 48.2 Å². The number of methoxy groups -OCH3 is 1. The predicted molar refractivity (Wildman–Crippen MR) is 150 cm³/mol. The van der Waals surface area contributed by atoms with Crippen molar-refractivity contribution in [1.82, 2.24) is 14.5 Å². The van der Waals surface area contributed by atoms with Crippen LogP contribution in [0.3, 0.4) is 0 Å². The van der Waals surface area contributed by atoms with Crippen LogP contribution in [0.5, 0.6) is 0 Å². The van der Waals surface area contributed by atoms with Gasteiger partial charge in [-0.1, -0.05) is 31.2 Å². The van der Waals surface area contributed by atoms with Gasteiger partial charge in [0.25, 0.3) is 5.91 Å². The van der Waals surface area contributed by atoms with Crippen molar-refractivity contribution < 1.29 is 14.3 Å². The first-order valence-electron chi connectivity index (χ1n) is 12.7. The highest BCUT2D eigenvalue weighted by atomic mass is 32.1. The maximum Gasteiger partial charge on any atom is 0.341 e. The number of benzene rings is 2. The molecule has 0 fully saturated rings. The third-order valence-corrected chi connectivity index (χ3v) is 8.32. The Kier molecular flexibility index (Phi) is 6.07. The van der Waals surface area contributed by atoms with E-state index in [0.29, 0.717) is 32.8 Å². The fraction of sp³-hybridized carbons (Fsp3) is 0.241. The molecule has 1 aliphatic carbocycles. The summed E-state index contributed by atoms with van der Waals surface area (Å²) >= 11 is 1.43. The van der Waals surface area contributed by atoms with Crippen LogP contribution in [-0.4, -0.2) is 33.5 Å². The summed E-state index contributed by atoms with van der Waals surface area (Å²) in [6.45, 7) is 2.10. The van der Waals surface area contributed by atoms with Gasteiger partial charge in [-0.15, -0.1) is 11.3 Å². The summed E-state index contributed by atoms with van der Waals surface area (Å²) in [5, 5.41) is 3.46. The highest BCUT2D eigenvalue weighted by Gasteiger charge is 2.30. The third-order valence-electron chi connectivity index (χ3n) is 7.12. The SMILES string of the molecule is CCc1ccc(-n2c(N)c(C(=O)Nc3sc4c(c3C(=O)OC)CCCC4)c3nc4ccccc4nc32)cc1. The van der Waals surface area contributed by atoms with Gasteiger partial charge in [0.05, 0.1) is 23.7 Å². The van der Waals surface area contributed by atoms with Gasteiger partial charge in [-0.3, -0.25) is 9.36 Å². The Morgan fingerprint density at radius 2 is 1.74 bits per heavy atom. The number of nitrogen functional groups attached to an aromatic ring is 1. The molecule has 0 unspecified atom stereocenters. The van der Waals surface area contributed by atoms with Crippen LogP contribution in [0.1, 0.15) is 56.5 Å². The summed E-state index contributed by atoms with van der Waals surface area (Å²) in [6, 6.07) is 15.5. The molecule has 6 rings (SSSR count). The number of amides is 1. The molecule has 0 saturated carbocycles. The molecule has 3 heterocycles. The zero-order valence-electron chi connectivity index (χ0n) is 21.2. The second-order valence-electron chi connectivity index (χ2n) is 9.36. The number of rotatable bonds is 5. The molecule has 192 valence electrons. The molecule has 0 atom stereocenters. The Labute approximate surface area is 223 Å². The lowest BCUT2D eigenvalue weighted by Crippen LogP contribution is -2.16. The standard InChI is InChI=1S/C29H27N5O3S/c1-3-16-12-14-17(15-13-16)34-25(30)23(24-26(34)32-20-10-6-5-9-19(20)31-24)27(35)33-28-22(29(36)37-2)18-8-4-7-11-21(18)38-28/h5-6,9-10,12-15H,3-4,7-8,11,30H2,1-2H3,(H,33,35). The van der Waals surface area contributed by atoms with Crippen LogP contribution in [0.2, 0.25) is 0 Å². The van der Waals surface area contributed by atoms with Gasteiger partial charge in [0.2, 0.25) is 0 Å². The van der Waals surface area contributed by atoms with Crippen LogP contribution < -0.4 is 11.1 Å². The fourth-order valence-corrected chi connectivity index (χ4v) is 6.44. The second-order valence-corrected chi connectivity index (χ2v) is 10.5. The molecule has 38 heavy (non-hydrogen) atoms. The predicted octanol–water partition coefficient (Wildman–Crippen LogP) is 5.70. The van der Waals surface area contributed by atoms with Crippen LogP contribution in [0.4, 0.5) is 10.8 Å². The number of nitrogens with two attached hydrogens (primary N) is 1. The van der Waals surface area contributed by atoms with Crippen LogP contribution >= 0.6 is 11.3 Å². The van der Waals surface area contributed by atoms with Gasteiger partial charge in [-0.25, -0.2) is 14.8 Å². The lowest BCUT2D eigenvalue weighted by molar-refractivity contribution is 0.0601. The fourth-order valence-electron chi connectivity index (χ4n) is 5.17. The van der Waals surface area contributed by atoms with Gasteiger partial charge >= 0.3 is 5.97 Å². The van der Waals surface area contributed by atoms with Crippen molar-refractivity contribution >= 4 is 56.2 Å². The zero-order chi connectivity index (χ0) is 26.4.